The van der Waals surface area contributed by atoms with Gasteiger partial charge in [0.2, 0.25) is 0 Å². The van der Waals surface area contributed by atoms with Crippen LogP contribution in [0.25, 0.3) is 0 Å². The summed E-state index contributed by atoms with van der Waals surface area (Å²) in [6.07, 6.45) is 0. The largest absolute Gasteiger partial charge is 0.476 e. The molecule has 1 aromatic heterocycles. The lowest BCUT2D eigenvalue weighted by atomic mass is 10.3. The molecule has 0 spiro atoms. The van der Waals surface area contributed by atoms with Crippen molar-refractivity contribution in [1.82, 2.24) is 15.1 Å². The smallest absolute Gasteiger partial charge is 0.358 e. The van der Waals surface area contributed by atoms with Gasteiger partial charge in [0.15, 0.2) is 5.69 Å². The van der Waals surface area contributed by atoms with Crippen molar-refractivity contribution in [2.75, 3.05) is 5.84 Å². The Balaban J connectivity index is 3.17. The first-order valence-corrected chi connectivity index (χ1v) is 2.53. The molecule has 0 fully saturated rings. The predicted molar refractivity (Wildman–Crippen MR) is 31.9 cm³/mol. The maximum absolute atomic E-state index is 10.3. The summed E-state index contributed by atoms with van der Waals surface area (Å²) in [5.41, 5.74) is 0.231. The van der Waals surface area contributed by atoms with Crippen molar-refractivity contribution in [1.29, 1.82) is 0 Å². The van der Waals surface area contributed by atoms with E-state index in [2.05, 4.69) is 10.3 Å². The van der Waals surface area contributed by atoms with Gasteiger partial charge in [0.25, 0.3) is 0 Å². The number of hydrogen-bond acceptors (Lipinski definition) is 4. The summed E-state index contributed by atoms with van der Waals surface area (Å²) in [7, 11) is 0. The van der Waals surface area contributed by atoms with Crippen LogP contribution < -0.4 is 5.84 Å². The number of aromatic nitrogens is 3. The molecule has 0 amide bonds. The van der Waals surface area contributed by atoms with Crippen LogP contribution in [0.4, 0.5) is 0 Å². The van der Waals surface area contributed by atoms with Crippen LogP contribution in [-0.2, 0) is 0 Å². The highest BCUT2D eigenvalue weighted by Crippen LogP contribution is 1.98. The third-order valence-electron chi connectivity index (χ3n) is 1.13. The summed E-state index contributed by atoms with van der Waals surface area (Å²) in [5, 5.41) is 15.0. The number of aromatic carboxylic acids is 1. The molecule has 6 nitrogen and oxygen atoms in total. The fourth-order valence-electron chi connectivity index (χ4n) is 0.538. The van der Waals surface area contributed by atoms with Gasteiger partial charge in [-0.25, -0.2) is 4.79 Å². The minimum Gasteiger partial charge on any atom is -0.476 e. The number of carboxylic acids is 1. The highest BCUT2D eigenvalue weighted by Gasteiger charge is 2.12. The van der Waals surface area contributed by atoms with Crippen LogP contribution in [-0.4, -0.2) is 26.2 Å². The summed E-state index contributed by atoms with van der Waals surface area (Å²) in [6.45, 7) is 1.53. The average molecular weight is 142 g/mol. The lowest BCUT2D eigenvalue weighted by Crippen LogP contribution is -2.12. The summed E-state index contributed by atoms with van der Waals surface area (Å²) in [4.78, 5) is 11.2. The SMILES string of the molecule is Cc1c(C(=O)O)nnn1N. The molecule has 0 aliphatic heterocycles. The van der Waals surface area contributed by atoms with Gasteiger partial charge < -0.3 is 10.9 Å². The van der Waals surface area contributed by atoms with Gasteiger partial charge in [-0.15, -0.1) is 5.10 Å². The van der Waals surface area contributed by atoms with Crippen LogP contribution in [0.5, 0.6) is 0 Å². The first-order chi connectivity index (χ1) is 4.63. The molecule has 0 aromatic carbocycles. The molecule has 0 saturated carbocycles. The van der Waals surface area contributed by atoms with Crippen LogP contribution in [0.15, 0.2) is 0 Å². The van der Waals surface area contributed by atoms with Crippen LogP contribution in [0.3, 0.4) is 0 Å². The Morgan fingerprint density at radius 1 is 1.80 bits per heavy atom. The van der Waals surface area contributed by atoms with Crippen molar-refractivity contribution in [3.8, 4) is 0 Å². The third-order valence-corrected chi connectivity index (χ3v) is 1.13. The number of hydrogen-bond donors (Lipinski definition) is 2. The molecule has 3 N–H and O–H groups in total. The van der Waals surface area contributed by atoms with Crippen molar-refractivity contribution in [3.63, 3.8) is 0 Å². The molecule has 54 valence electrons. The standard InChI is InChI=1S/C4H6N4O2/c1-2-3(4(9)10)6-7-8(2)5/h5H2,1H3,(H,9,10). The Labute approximate surface area is 56.2 Å². The molecule has 1 aromatic rings. The molecule has 0 saturated heterocycles. The van der Waals surface area contributed by atoms with Crippen molar-refractivity contribution in [3.05, 3.63) is 11.4 Å². The molecule has 1 heterocycles. The normalized spacial score (nSPS) is 9.70. The van der Waals surface area contributed by atoms with E-state index in [1.807, 2.05) is 0 Å². The lowest BCUT2D eigenvalue weighted by molar-refractivity contribution is 0.0689. The van der Waals surface area contributed by atoms with E-state index in [0.29, 0.717) is 5.69 Å². The summed E-state index contributed by atoms with van der Waals surface area (Å²) < 4.78 is 0. The van der Waals surface area contributed by atoms with E-state index < -0.39 is 5.97 Å². The molecule has 0 radical (unpaired) electrons. The predicted octanol–water partition coefficient (Wildman–Crippen LogP) is -1.00. The van der Waals surface area contributed by atoms with Gasteiger partial charge in [0.1, 0.15) is 0 Å². The van der Waals surface area contributed by atoms with Gasteiger partial charge in [-0.2, -0.15) is 4.79 Å². The molecule has 0 aliphatic carbocycles. The van der Waals surface area contributed by atoms with Crippen LogP contribution in [0, 0.1) is 6.92 Å². The second-order valence-corrected chi connectivity index (χ2v) is 1.77. The number of nitrogens with two attached hydrogens (primary N) is 1. The van der Waals surface area contributed by atoms with E-state index in [1.54, 1.807) is 0 Å². The molecule has 0 bridgehead atoms. The van der Waals surface area contributed by atoms with Crippen molar-refractivity contribution in [2.45, 2.75) is 6.92 Å². The Morgan fingerprint density at radius 3 is 2.60 bits per heavy atom. The minimum atomic E-state index is -1.12. The maximum Gasteiger partial charge on any atom is 0.358 e. The van der Waals surface area contributed by atoms with E-state index >= 15 is 0 Å². The number of carbonyl (C=O) groups is 1. The zero-order valence-electron chi connectivity index (χ0n) is 5.27. The summed E-state index contributed by atoms with van der Waals surface area (Å²) >= 11 is 0. The molecule has 0 aliphatic rings. The monoisotopic (exact) mass is 142 g/mol. The molecule has 1 rings (SSSR count). The number of rotatable bonds is 1. The number of nitrogens with zero attached hydrogens (tertiary/aromatic N) is 3. The minimum absolute atomic E-state index is 0.109. The molecule has 10 heavy (non-hydrogen) atoms. The Kier molecular flexibility index (Phi) is 1.29. The topological polar surface area (TPSA) is 94.0 Å². The van der Waals surface area contributed by atoms with Crippen LogP contribution >= 0.6 is 0 Å². The van der Waals surface area contributed by atoms with E-state index in [-0.39, 0.29) is 5.69 Å². The fraction of sp³-hybridized carbons (Fsp3) is 0.250. The quantitative estimate of drug-likeness (QED) is 0.490. The van der Waals surface area contributed by atoms with Gasteiger partial charge in [0.05, 0.1) is 5.69 Å². The molecule has 6 heteroatoms. The van der Waals surface area contributed by atoms with Gasteiger partial charge in [-0.1, -0.05) is 0 Å². The van der Waals surface area contributed by atoms with Gasteiger partial charge in [0, 0.05) is 0 Å². The lowest BCUT2D eigenvalue weighted by Gasteiger charge is -1.89. The first-order valence-electron chi connectivity index (χ1n) is 2.53. The molecular formula is C4H6N4O2. The zero-order valence-corrected chi connectivity index (χ0v) is 5.27. The van der Waals surface area contributed by atoms with Crippen LogP contribution in [0.1, 0.15) is 16.2 Å². The van der Waals surface area contributed by atoms with Gasteiger partial charge in [-0.05, 0) is 12.1 Å². The second-order valence-electron chi connectivity index (χ2n) is 1.77. The zero-order chi connectivity index (χ0) is 7.72. The first kappa shape index (κ1) is 6.53. The molecular weight excluding hydrogens is 136 g/mol. The second kappa shape index (κ2) is 1.98. The van der Waals surface area contributed by atoms with Gasteiger partial charge >= 0.3 is 5.97 Å². The Morgan fingerprint density at radius 2 is 2.40 bits per heavy atom. The van der Waals surface area contributed by atoms with Gasteiger partial charge in [-0.3, -0.25) is 0 Å². The maximum atomic E-state index is 10.3. The Bertz CT molecular complexity index is 266. The number of carboxylic acid groups (broad SMARTS) is 1. The average Bonchev–Trinajstić information content (AvgIpc) is 2.14. The van der Waals surface area contributed by atoms with Crippen LogP contribution in [0.2, 0.25) is 0 Å². The third kappa shape index (κ3) is 0.790. The van der Waals surface area contributed by atoms with Crippen molar-refractivity contribution < 1.29 is 9.90 Å². The van der Waals surface area contributed by atoms with Crippen molar-refractivity contribution in [2.24, 2.45) is 0 Å². The fourth-order valence-corrected chi connectivity index (χ4v) is 0.538. The summed E-state index contributed by atoms with van der Waals surface area (Å²) in [5.74, 6) is 4.04. The van der Waals surface area contributed by atoms with E-state index in [0.717, 1.165) is 4.79 Å². The highest BCUT2D eigenvalue weighted by atomic mass is 16.4. The Hall–Kier alpha value is -1.59. The van der Waals surface area contributed by atoms with E-state index in [1.165, 1.54) is 6.92 Å². The highest BCUT2D eigenvalue weighted by molar-refractivity contribution is 5.86. The molecule has 0 unspecified atom stereocenters. The number of nitrogen functional groups attached to an aromatic ring is 1. The van der Waals surface area contributed by atoms with Crippen molar-refractivity contribution >= 4 is 5.97 Å². The van der Waals surface area contributed by atoms with E-state index in [9.17, 15) is 4.79 Å². The molecule has 0 atom stereocenters. The summed E-state index contributed by atoms with van der Waals surface area (Å²) in [6, 6.07) is 0. The van der Waals surface area contributed by atoms with E-state index in [4.69, 9.17) is 10.9 Å².